The van der Waals surface area contributed by atoms with Crippen molar-refractivity contribution < 1.29 is 9.53 Å². The first-order chi connectivity index (χ1) is 12.2. The second kappa shape index (κ2) is 10.7. The number of aliphatic imine (C=N–C) groups is 1. The van der Waals surface area contributed by atoms with E-state index in [4.69, 9.17) is 10.5 Å². The van der Waals surface area contributed by atoms with Crippen molar-refractivity contribution in [2.75, 3.05) is 18.5 Å². The number of ether oxygens (including phenoxy) is 1. The molecule has 1 fully saturated rings. The predicted octanol–water partition coefficient (Wildman–Crippen LogP) is 2.79. The second-order valence-corrected chi connectivity index (χ2v) is 6.38. The highest BCUT2D eigenvalue weighted by Gasteiger charge is 2.23. The number of guanidine groups is 1. The molecule has 6 heteroatoms. The SMILES string of the molecule is CCCCCCNC(N)=NCc1cccc(NC(=O)C2CCCO2)c1. The topological polar surface area (TPSA) is 88.7 Å². The third-order valence-electron chi connectivity index (χ3n) is 4.19. The molecule has 0 spiro atoms. The number of rotatable bonds is 9. The molecule has 6 nitrogen and oxygen atoms in total. The lowest BCUT2D eigenvalue weighted by atomic mass is 10.2. The quantitative estimate of drug-likeness (QED) is 0.364. The maximum absolute atomic E-state index is 12.1. The largest absolute Gasteiger partial charge is 0.370 e. The van der Waals surface area contributed by atoms with Crippen molar-refractivity contribution in [1.29, 1.82) is 0 Å². The lowest BCUT2D eigenvalue weighted by molar-refractivity contribution is -0.124. The van der Waals surface area contributed by atoms with E-state index < -0.39 is 0 Å². The van der Waals surface area contributed by atoms with Gasteiger partial charge in [0.25, 0.3) is 5.91 Å². The first kappa shape index (κ1) is 19.2. The molecule has 1 unspecified atom stereocenters. The van der Waals surface area contributed by atoms with Crippen molar-refractivity contribution >= 4 is 17.6 Å². The number of benzene rings is 1. The first-order valence-corrected chi connectivity index (χ1v) is 9.24. The smallest absolute Gasteiger partial charge is 0.253 e. The third-order valence-corrected chi connectivity index (χ3v) is 4.19. The van der Waals surface area contributed by atoms with Gasteiger partial charge in [0.1, 0.15) is 6.10 Å². The summed E-state index contributed by atoms with van der Waals surface area (Å²) in [5.74, 6) is 0.386. The van der Waals surface area contributed by atoms with E-state index in [0.29, 0.717) is 19.1 Å². The summed E-state index contributed by atoms with van der Waals surface area (Å²) in [4.78, 5) is 16.4. The van der Waals surface area contributed by atoms with Crippen LogP contribution < -0.4 is 16.4 Å². The molecule has 0 radical (unpaired) electrons. The van der Waals surface area contributed by atoms with E-state index in [1.807, 2.05) is 24.3 Å². The Labute approximate surface area is 150 Å². The van der Waals surface area contributed by atoms with Crippen LogP contribution in [-0.4, -0.2) is 31.1 Å². The number of unbranched alkanes of at least 4 members (excludes halogenated alkanes) is 3. The van der Waals surface area contributed by atoms with Crippen LogP contribution in [0, 0.1) is 0 Å². The van der Waals surface area contributed by atoms with E-state index in [1.54, 1.807) is 0 Å². The highest BCUT2D eigenvalue weighted by Crippen LogP contribution is 2.16. The molecule has 4 N–H and O–H groups in total. The van der Waals surface area contributed by atoms with E-state index in [-0.39, 0.29) is 12.0 Å². The van der Waals surface area contributed by atoms with Crippen LogP contribution in [0.25, 0.3) is 0 Å². The Kier molecular flexibility index (Phi) is 8.25. The third kappa shape index (κ3) is 7.13. The first-order valence-electron chi connectivity index (χ1n) is 9.24. The van der Waals surface area contributed by atoms with Gasteiger partial charge in [-0.25, -0.2) is 4.99 Å². The van der Waals surface area contributed by atoms with Crippen molar-refractivity contribution in [3.63, 3.8) is 0 Å². The van der Waals surface area contributed by atoms with Gasteiger partial charge in [-0.05, 0) is 37.0 Å². The summed E-state index contributed by atoms with van der Waals surface area (Å²) < 4.78 is 5.40. The van der Waals surface area contributed by atoms with Crippen LogP contribution >= 0.6 is 0 Å². The average molecular weight is 346 g/mol. The fourth-order valence-electron chi connectivity index (χ4n) is 2.76. The Hall–Kier alpha value is -2.08. The van der Waals surface area contributed by atoms with Gasteiger partial charge in [0.15, 0.2) is 5.96 Å². The van der Waals surface area contributed by atoms with E-state index in [9.17, 15) is 4.79 Å². The van der Waals surface area contributed by atoms with Gasteiger partial charge in [0, 0.05) is 18.8 Å². The molecule has 1 amide bonds. The fourth-order valence-corrected chi connectivity index (χ4v) is 2.76. The van der Waals surface area contributed by atoms with E-state index in [2.05, 4.69) is 22.5 Å². The normalized spacial score (nSPS) is 17.5. The molecule has 0 aliphatic carbocycles. The minimum Gasteiger partial charge on any atom is -0.370 e. The van der Waals surface area contributed by atoms with Crippen molar-refractivity contribution in [1.82, 2.24) is 5.32 Å². The summed E-state index contributed by atoms with van der Waals surface area (Å²) in [5, 5.41) is 6.04. The van der Waals surface area contributed by atoms with Crippen LogP contribution in [0.3, 0.4) is 0 Å². The van der Waals surface area contributed by atoms with Gasteiger partial charge < -0.3 is 21.1 Å². The molecular formula is C19H30N4O2. The highest BCUT2D eigenvalue weighted by atomic mass is 16.5. The molecule has 1 heterocycles. The monoisotopic (exact) mass is 346 g/mol. The van der Waals surface area contributed by atoms with E-state index >= 15 is 0 Å². The van der Waals surface area contributed by atoms with Gasteiger partial charge in [0.2, 0.25) is 0 Å². The van der Waals surface area contributed by atoms with Crippen molar-refractivity contribution in [3.8, 4) is 0 Å². The van der Waals surface area contributed by atoms with Gasteiger partial charge in [-0.15, -0.1) is 0 Å². The van der Waals surface area contributed by atoms with Crippen molar-refractivity contribution in [2.24, 2.45) is 10.7 Å². The number of amides is 1. The minimum atomic E-state index is -0.325. The summed E-state index contributed by atoms with van der Waals surface area (Å²) in [6.07, 6.45) is 6.20. The maximum Gasteiger partial charge on any atom is 0.253 e. The van der Waals surface area contributed by atoms with Gasteiger partial charge in [-0.3, -0.25) is 4.79 Å². The number of anilines is 1. The number of nitrogens with two attached hydrogens (primary N) is 1. The van der Waals surface area contributed by atoms with Crippen LogP contribution in [0.15, 0.2) is 29.3 Å². The van der Waals surface area contributed by atoms with Gasteiger partial charge in [-0.1, -0.05) is 38.3 Å². The lowest BCUT2D eigenvalue weighted by Gasteiger charge is -2.11. The standard InChI is InChI=1S/C19H30N4O2/c1-2-3-4-5-11-21-19(20)22-14-15-8-6-9-16(13-15)23-18(24)17-10-7-12-25-17/h6,8-9,13,17H,2-5,7,10-12,14H2,1H3,(H,23,24)(H3,20,21,22). The molecular weight excluding hydrogens is 316 g/mol. The molecule has 0 bridgehead atoms. The number of nitrogens with zero attached hydrogens (tertiary/aromatic N) is 1. The zero-order valence-corrected chi connectivity index (χ0v) is 15.1. The number of hydrogen-bond donors (Lipinski definition) is 3. The summed E-state index contributed by atoms with van der Waals surface area (Å²) in [5.41, 5.74) is 7.65. The molecule has 0 saturated carbocycles. The molecule has 1 aromatic rings. The Morgan fingerprint density at radius 1 is 1.36 bits per heavy atom. The Balaban J connectivity index is 1.78. The predicted molar refractivity (Wildman–Crippen MR) is 102 cm³/mol. The maximum atomic E-state index is 12.1. The van der Waals surface area contributed by atoms with Gasteiger partial charge >= 0.3 is 0 Å². The number of hydrogen-bond acceptors (Lipinski definition) is 3. The summed E-state index contributed by atoms with van der Waals surface area (Å²) in [7, 11) is 0. The molecule has 1 atom stereocenters. The van der Waals surface area contributed by atoms with Crippen molar-refractivity contribution in [2.45, 2.75) is 58.1 Å². The highest BCUT2D eigenvalue weighted by molar-refractivity contribution is 5.94. The lowest BCUT2D eigenvalue weighted by Crippen LogP contribution is -2.32. The Morgan fingerprint density at radius 2 is 2.24 bits per heavy atom. The average Bonchev–Trinajstić information content (AvgIpc) is 3.15. The summed E-state index contributed by atoms with van der Waals surface area (Å²) in [6.45, 7) is 4.20. The molecule has 1 saturated heterocycles. The minimum absolute atomic E-state index is 0.0774. The second-order valence-electron chi connectivity index (χ2n) is 6.38. The number of nitrogens with one attached hydrogen (secondary N) is 2. The summed E-state index contributed by atoms with van der Waals surface area (Å²) >= 11 is 0. The summed E-state index contributed by atoms with van der Waals surface area (Å²) in [6, 6.07) is 7.67. The van der Waals surface area contributed by atoms with Crippen LogP contribution in [0.2, 0.25) is 0 Å². The van der Waals surface area contributed by atoms with Crippen LogP contribution in [0.1, 0.15) is 51.0 Å². The van der Waals surface area contributed by atoms with Gasteiger partial charge in [0.05, 0.1) is 6.54 Å². The molecule has 1 aromatic carbocycles. The molecule has 2 rings (SSSR count). The Morgan fingerprint density at radius 3 is 3.00 bits per heavy atom. The zero-order valence-electron chi connectivity index (χ0n) is 15.1. The number of carbonyl (C=O) groups excluding carboxylic acids is 1. The molecule has 1 aliphatic heterocycles. The fraction of sp³-hybridized carbons (Fsp3) is 0.579. The molecule has 25 heavy (non-hydrogen) atoms. The molecule has 138 valence electrons. The van der Waals surface area contributed by atoms with Crippen LogP contribution in [-0.2, 0) is 16.1 Å². The Bertz CT molecular complexity index is 568. The van der Waals surface area contributed by atoms with E-state index in [0.717, 1.165) is 37.1 Å². The van der Waals surface area contributed by atoms with Crippen LogP contribution in [0.5, 0.6) is 0 Å². The van der Waals surface area contributed by atoms with Gasteiger partial charge in [-0.2, -0.15) is 0 Å². The molecule has 0 aromatic heterocycles. The number of carbonyl (C=O) groups is 1. The zero-order chi connectivity index (χ0) is 17.9. The molecule has 1 aliphatic rings. The van der Waals surface area contributed by atoms with E-state index in [1.165, 1.54) is 19.3 Å². The van der Waals surface area contributed by atoms with Crippen LogP contribution in [0.4, 0.5) is 5.69 Å². The van der Waals surface area contributed by atoms with Crippen molar-refractivity contribution in [3.05, 3.63) is 29.8 Å².